The van der Waals surface area contributed by atoms with Gasteiger partial charge in [-0.05, 0) is 43.0 Å². The molecule has 1 aliphatic heterocycles. The van der Waals surface area contributed by atoms with E-state index in [0.717, 1.165) is 29.7 Å². The van der Waals surface area contributed by atoms with Crippen molar-refractivity contribution in [2.24, 2.45) is 0 Å². The third kappa shape index (κ3) is 5.06. The Hall–Kier alpha value is -3.67. The van der Waals surface area contributed by atoms with Gasteiger partial charge in [-0.15, -0.1) is 0 Å². The van der Waals surface area contributed by atoms with Gasteiger partial charge in [0.1, 0.15) is 5.75 Å². The van der Waals surface area contributed by atoms with Crippen LogP contribution in [-0.2, 0) is 25.5 Å². The quantitative estimate of drug-likeness (QED) is 0.525. The van der Waals surface area contributed by atoms with Gasteiger partial charge < -0.3 is 14.8 Å². The molecule has 2 aromatic carbocycles. The summed E-state index contributed by atoms with van der Waals surface area (Å²) in [6, 6.07) is 16.8. The third-order valence-electron chi connectivity index (χ3n) is 5.94. The van der Waals surface area contributed by atoms with Crippen LogP contribution in [0, 0.1) is 0 Å². The Balaban J connectivity index is 1.62. The fraction of sp³-hybridized carbons (Fsp3) is 0.296. The molecule has 6 heteroatoms. The molecule has 6 nitrogen and oxygen atoms in total. The summed E-state index contributed by atoms with van der Waals surface area (Å²) in [6.45, 7) is 3.43. The number of nitrogens with one attached hydrogen (secondary N) is 1. The first kappa shape index (κ1) is 22.5. The molecular weight excluding hydrogens is 418 g/mol. The number of ketones is 1. The molecule has 0 saturated carbocycles. The lowest BCUT2D eigenvalue weighted by Crippen LogP contribution is -2.34. The maximum Gasteiger partial charge on any atom is 0.336 e. The smallest absolute Gasteiger partial charge is 0.336 e. The lowest BCUT2D eigenvalue weighted by molar-refractivity contribution is -0.139. The van der Waals surface area contributed by atoms with Crippen molar-refractivity contribution in [2.45, 2.75) is 45.4 Å². The first-order chi connectivity index (χ1) is 15.9. The molecule has 0 aromatic heterocycles. The van der Waals surface area contributed by atoms with Crippen molar-refractivity contribution in [3.8, 4) is 5.75 Å². The Morgan fingerprint density at radius 1 is 1.03 bits per heavy atom. The lowest BCUT2D eigenvalue weighted by atomic mass is 9.75. The zero-order chi connectivity index (χ0) is 23.4. The Bertz CT molecular complexity index is 1130. The lowest BCUT2D eigenvalue weighted by Gasteiger charge is -2.34. The molecule has 1 atom stereocenters. The number of dihydropyridines is 1. The number of esters is 2. The Morgan fingerprint density at radius 2 is 1.76 bits per heavy atom. The maximum atomic E-state index is 13.3. The first-order valence-electron chi connectivity index (χ1n) is 11.2. The van der Waals surface area contributed by atoms with Crippen LogP contribution in [-0.4, -0.2) is 24.3 Å². The number of allylic oxidation sites excluding steroid dienone is 3. The fourth-order valence-electron chi connectivity index (χ4n) is 4.47. The highest BCUT2D eigenvalue weighted by Gasteiger charge is 2.39. The zero-order valence-corrected chi connectivity index (χ0v) is 18.9. The van der Waals surface area contributed by atoms with Crippen LogP contribution in [0.25, 0.3) is 0 Å². The van der Waals surface area contributed by atoms with Gasteiger partial charge in [0.05, 0.1) is 12.2 Å². The molecule has 1 aliphatic carbocycles. The largest absolute Gasteiger partial charge is 0.462 e. The molecule has 0 bridgehead atoms. The predicted molar refractivity (Wildman–Crippen MR) is 123 cm³/mol. The van der Waals surface area contributed by atoms with Gasteiger partial charge in [-0.3, -0.25) is 9.59 Å². The summed E-state index contributed by atoms with van der Waals surface area (Å²) in [7, 11) is 0. The molecule has 0 amide bonds. The highest BCUT2D eigenvalue weighted by atomic mass is 16.5. The molecule has 0 fully saturated rings. The molecule has 4 rings (SSSR count). The van der Waals surface area contributed by atoms with E-state index in [-0.39, 0.29) is 12.4 Å². The van der Waals surface area contributed by atoms with E-state index in [0.29, 0.717) is 35.4 Å². The average Bonchev–Trinajstić information content (AvgIpc) is 2.79. The number of hydrogen-bond donors (Lipinski definition) is 1. The van der Waals surface area contributed by atoms with Crippen LogP contribution in [0.2, 0.25) is 0 Å². The van der Waals surface area contributed by atoms with Gasteiger partial charge >= 0.3 is 11.9 Å². The van der Waals surface area contributed by atoms with E-state index in [1.165, 1.54) is 6.92 Å². The van der Waals surface area contributed by atoms with Gasteiger partial charge in [0.15, 0.2) is 5.78 Å². The van der Waals surface area contributed by atoms with Gasteiger partial charge in [-0.1, -0.05) is 42.5 Å². The van der Waals surface area contributed by atoms with E-state index >= 15 is 0 Å². The summed E-state index contributed by atoms with van der Waals surface area (Å²) < 4.78 is 10.8. The molecule has 0 radical (unpaired) electrons. The number of rotatable bonds is 6. The monoisotopic (exact) mass is 445 g/mol. The average molecular weight is 446 g/mol. The van der Waals surface area contributed by atoms with Crippen LogP contribution in [0.5, 0.6) is 5.75 Å². The standard InChI is InChI=1S/C27H27NO5/c1-17-24(27(31)32-16-15-19-7-4-3-5-8-19)25(26-22(28-17)9-6-10-23(26)30)20-11-13-21(14-12-20)33-18(2)29/h3-5,7-8,11-14,25,28H,6,9-10,15-16H2,1-2H3/t25-/m1/s1. The second-order valence-electron chi connectivity index (χ2n) is 8.30. The van der Waals surface area contributed by atoms with Crippen LogP contribution in [0.1, 0.15) is 50.2 Å². The summed E-state index contributed by atoms with van der Waals surface area (Å²) in [5.74, 6) is -0.910. The molecule has 1 N–H and O–H groups in total. The van der Waals surface area contributed by atoms with E-state index in [9.17, 15) is 14.4 Å². The Labute approximate surface area is 193 Å². The van der Waals surface area contributed by atoms with E-state index in [1.54, 1.807) is 24.3 Å². The van der Waals surface area contributed by atoms with Crippen LogP contribution in [0.4, 0.5) is 0 Å². The highest BCUT2D eigenvalue weighted by molar-refractivity contribution is 6.03. The number of carbonyl (C=O) groups is 3. The molecule has 170 valence electrons. The van der Waals surface area contributed by atoms with Crippen molar-refractivity contribution >= 4 is 17.7 Å². The molecule has 1 heterocycles. The van der Waals surface area contributed by atoms with Crippen molar-refractivity contribution in [3.63, 3.8) is 0 Å². The van der Waals surface area contributed by atoms with Gasteiger partial charge in [0, 0.05) is 42.7 Å². The predicted octanol–water partition coefficient (Wildman–Crippen LogP) is 4.37. The van der Waals surface area contributed by atoms with Crippen LogP contribution in [0.3, 0.4) is 0 Å². The second-order valence-corrected chi connectivity index (χ2v) is 8.30. The number of benzene rings is 2. The topological polar surface area (TPSA) is 81.7 Å². The maximum absolute atomic E-state index is 13.3. The number of hydrogen-bond acceptors (Lipinski definition) is 6. The minimum Gasteiger partial charge on any atom is -0.462 e. The van der Waals surface area contributed by atoms with Crippen molar-refractivity contribution in [3.05, 3.63) is 88.3 Å². The molecule has 0 saturated heterocycles. The minimum absolute atomic E-state index is 0.0416. The molecule has 2 aliphatic rings. The zero-order valence-electron chi connectivity index (χ0n) is 18.9. The Morgan fingerprint density at radius 3 is 2.45 bits per heavy atom. The van der Waals surface area contributed by atoms with Gasteiger partial charge in [-0.25, -0.2) is 4.79 Å². The third-order valence-corrected chi connectivity index (χ3v) is 5.94. The van der Waals surface area contributed by atoms with Crippen LogP contribution < -0.4 is 10.1 Å². The van der Waals surface area contributed by atoms with Crippen molar-refractivity contribution in [2.75, 3.05) is 6.61 Å². The van der Waals surface area contributed by atoms with E-state index in [4.69, 9.17) is 9.47 Å². The van der Waals surface area contributed by atoms with Crippen LogP contribution >= 0.6 is 0 Å². The highest BCUT2D eigenvalue weighted by Crippen LogP contribution is 2.42. The fourth-order valence-corrected chi connectivity index (χ4v) is 4.47. The normalized spacial score (nSPS) is 17.9. The minimum atomic E-state index is -0.523. The van der Waals surface area contributed by atoms with Crippen LogP contribution in [0.15, 0.2) is 77.1 Å². The number of ether oxygens (including phenoxy) is 2. The summed E-state index contributed by atoms with van der Waals surface area (Å²) in [6.07, 6.45) is 2.61. The molecule has 0 unspecified atom stereocenters. The number of carbonyl (C=O) groups excluding carboxylic acids is 3. The van der Waals surface area contributed by atoms with Crippen molar-refractivity contribution in [1.29, 1.82) is 0 Å². The van der Waals surface area contributed by atoms with Gasteiger partial charge in [0.25, 0.3) is 0 Å². The second kappa shape index (κ2) is 9.86. The van der Waals surface area contributed by atoms with E-state index in [2.05, 4.69) is 5.32 Å². The molecule has 2 aromatic rings. The summed E-state index contributed by atoms with van der Waals surface area (Å²) in [5.41, 5.74) is 4.51. The Kier molecular flexibility index (Phi) is 6.73. The number of Topliss-reactive ketones (excluding diaryl/α,β-unsaturated/α-hetero) is 1. The van der Waals surface area contributed by atoms with E-state index < -0.39 is 17.9 Å². The first-order valence-corrected chi connectivity index (χ1v) is 11.2. The SMILES string of the molecule is CC(=O)Oc1ccc([C@@H]2C(C(=O)OCCc3ccccc3)=C(C)NC3=C2C(=O)CCC3)cc1. The van der Waals surface area contributed by atoms with Crippen molar-refractivity contribution in [1.82, 2.24) is 5.32 Å². The van der Waals surface area contributed by atoms with E-state index in [1.807, 2.05) is 37.3 Å². The van der Waals surface area contributed by atoms with Gasteiger partial charge in [-0.2, -0.15) is 0 Å². The molecular formula is C27H27NO5. The molecule has 33 heavy (non-hydrogen) atoms. The molecule has 0 spiro atoms. The summed E-state index contributed by atoms with van der Waals surface area (Å²) in [5, 5.41) is 3.29. The summed E-state index contributed by atoms with van der Waals surface area (Å²) >= 11 is 0. The summed E-state index contributed by atoms with van der Waals surface area (Å²) in [4.78, 5) is 37.5. The van der Waals surface area contributed by atoms with Crippen molar-refractivity contribution < 1.29 is 23.9 Å². The van der Waals surface area contributed by atoms with Gasteiger partial charge in [0.2, 0.25) is 0 Å².